The van der Waals surface area contributed by atoms with E-state index in [2.05, 4.69) is 6.92 Å². The maximum Gasteiger partial charge on any atom is 0 e. The zero-order valence-electron chi connectivity index (χ0n) is 4.59. The summed E-state index contributed by atoms with van der Waals surface area (Å²) < 4.78 is 0. The van der Waals surface area contributed by atoms with Gasteiger partial charge < -0.3 is 0 Å². The molecule has 8 heavy (non-hydrogen) atoms. The average molecular weight is 270 g/mol. The zero-order valence-corrected chi connectivity index (χ0v) is 8.19. The number of hydrogen-bond acceptors (Lipinski definition) is 0. The van der Waals surface area contributed by atoms with Crippen LogP contribution in [0.15, 0.2) is 30.3 Å². The van der Waals surface area contributed by atoms with Crippen molar-refractivity contribution < 1.29 is 25.8 Å². The maximum atomic E-state index is 3.72. The van der Waals surface area contributed by atoms with Gasteiger partial charge in [-0.25, -0.2) is 0 Å². The van der Waals surface area contributed by atoms with E-state index >= 15 is 0 Å². The van der Waals surface area contributed by atoms with E-state index in [-0.39, 0.29) is 25.8 Å². The van der Waals surface area contributed by atoms with Crippen molar-refractivity contribution in [2.45, 2.75) is 0 Å². The van der Waals surface area contributed by atoms with Crippen LogP contribution >= 0.6 is 0 Å². The summed E-state index contributed by atoms with van der Waals surface area (Å²) in [5, 5.41) is 0. The number of rotatable bonds is 0. The fourth-order valence-corrected chi connectivity index (χ4v) is 0.478. The molecule has 0 heterocycles. The molecule has 0 N–H and O–H groups in total. The molecule has 0 aromatic heterocycles. The van der Waals surface area contributed by atoms with Gasteiger partial charge in [-0.2, -0.15) is 24.6 Å². The minimum Gasteiger partial charge on any atom is -0.199 e. The van der Waals surface area contributed by atoms with E-state index in [1.807, 2.05) is 30.3 Å². The summed E-state index contributed by atoms with van der Waals surface area (Å²) in [6.07, 6.45) is 0. The SMILES string of the molecule is [CH2-]c1ccccc1.[Hf]. The van der Waals surface area contributed by atoms with Gasteiger partial charge in [0.15, 0.2) is 0 Å². The Labute approximate surface area is 68.7 Å². The van der Waals surface area contributed by atoms with Gasteiger partial charge in [0, 0.05) is 25.8 Å². The summed E-state index contributed by atoms with van der Waals surface area (Å²) in [6.45, 7) is 3.72. The summed E-state index contributed by atoms with van der Waals surface area (Å²) >= 11 is 0. The molecule has 0 saturated carbocycles. The minimum atomic E-state index is 0. The van der Waals surface area contributed by atoms with Crippen LogP contribution in [-0.4, -0.2) is 0 Å². The molecule has 1 heteroatoms. The molecule has 0 radical (unpaired) electrons. The van der Waals surface area contributed by atoms with Crippen molar-refractivity contribution in [3.05, 3.63) is 42.8 Å². The van der Waals surface area contributed by atoms with Gasteiger partial charge in [-0.15, -0.1) is 12.1 Å². The van der Waals surface area contributed by atoms with Crippen LogP contribution in [0.25, 0.3) is 0 Å². The van der Waals surface area contributed by atoms with Crippen LogP contribution in [0.3, 0.4) is 0 Å². The van der Waals surface area contributed by atoms with Crippen molar-refractivity contribution in [2.24, 2.45) is 0 Å². The smallest absolute Gasteiger partial charge is 0 e. The van der Waals surface area contributed by atoms with Crippen LogP contribution in [0.1, 0.15) is 5.56 Å². The molecule has 0 aliphatic rings. The van der Waals surface area contributed by atoms with Crippen LogP contribution in [0, 0.1) is 6.92 Å². The fraction of sp³-hybridized carbons (Fsp3) is 0. The van der Waals surface area contributed by atoms with Gasteiger partial charge in [0.1, 0.15) is 0 Å². The van der Waals surface area contributed by atoms with E-state index in [9.17, 15) is 0 Å². The van der Waals surface area contributed by atoms with Gasteiger partial charge in [-0.1, -0.05) is 6.07 Å². The third kappa shape index (κ3) is 2.31. The zero-order chi connectivity index (χ0) is 5.11. The summed E-state index contributed by atoms with van der Waals surface area (Å²) in [7, 11) is 0. The second-order valence-corrected chi connectivity index (χ2v) is 1.49. The quantitative estimate of drug-likeness (QED) is 0.498. The molecule has 1 aromatic carbocycles. The van der Waals surface area contributed by atoms with Crippen LogP contribution in [0.5, 0.6) is 0 Å². The van der Waals surface area contributed by atoms with E-state index in [0.29, 0.717) is 0 Å². The molecule has 0 spiro atoms. The molecule has 0 unspecified atom stereocenters. The first-order valence-electron chi connectivity index (χ1n) is 2.26. The fourth-order valence-electron chi connectivity index (χ4n) is 0.478. The Kier molecular flexibility index (Phi) is 3.88. The Morgan fingerprint density at radius 2 is 1.50 bits per heavy atom. The van der Waals surface area contributed by atoms with Crippen LogP contribution in [-0.2, 0) is 25.8 Å². The Bertz CT molecular complexity index is 134. The van der Waals surface area contributed by atoms with E-state index in [0.717, 1.165) is 5.56 Å². The molecule has 0 aliphatic heterocycles. The molecule has 0 amide bonds. The average Bonchev–Trinajstić information content (AvgIpc) is 1.69. The predicted molar refractivity (Wildman–Crippen MR) is 30.9 cm³/mol. The first-order valence-corrected chi connectivity index (χ1v) is 2.26. The van der Waals surface area contributed by atoms with Crippen molar-refractivity contribution in [2.75, 3.05) is 0 Å². The van der Waals surface area contributed by atoms with Crippen molar-refractivity contribution in [1.82, 2.24) is 0 Å². The van der Waals surface area contributed by atoms with E-state index in [4.69, 9.17) is 0 Å². The second-order valence-electron chi connectivity index (χ2n) is 1.49. The summed E-state index contributed by atoms with van der Waals surface area (Å²) in [5.41, 5.74) is 1.07. The first-order chi connectivity index (χ1) is 3.39. The Hall–Kier alpha value is -0.0399. The van der Waals surface area contributed by atoms with Gasteiger partial charge in [-0.05, 0) is 0 Å². The molecule has 40 valence electrons. The predicted octanol–water partition coefficient (Wildman–Crippen LogP) is 1.87. The largest absolute Gasteiger partial charge is 0.199 e. The normalized spacial score (nSPS) is 7.50. The molecule has 0 fully saturated rings. The van der Waals surface area contributed by atoms with Gasteiger partial charge in [0.05, 0.1) is 0 Å². The van der Waals surface area contributed by atoms with E-state index < -0.39 is 0 Å². The molecular weight excluding hydrogens is 263 g/mol. The molecule has 1 aromatic rings. The number of hydrogen-bond donors (Lipinski definition) is 0. The molecule has 0 aliphatic carbocycles. The topological polar surface area (TPSA) is 0 Å². The molecule has 0 atom stereocenters. The Morgan fingerprint density at radius 1 is 1.00 bits per heavy atom. The molecule has 0 nitrogen and oxygen atoms in total. The minimum absolute atomic E-state index is 0. The maximum absolute atomic E-state index is 3.72. The van der Waals surface area contributed by atoms with Crippen LogP contribution in [0.2, 0.25) is 0 Å². The van der Waals surface area contributed by atoms with Gasteiger partial charge in [-0.3, -0.25) is 0 Å². The monoisotopic (exact) mass is 271 g/mol. The molecule has 1 rings (SSSR count). The van der Waals surface area contributed by atoms with Crippen LogP contribution < -0.4 is 0 Å². The summed E-state index contributed by atoms with van der Waals surface area (Å²) in [6, 6.07) is 9.87. The second kappa shape index (κ2) is 3.90. The Morgan fingerprint density at radius 3 is 1.75 bits per heavy atom. The summed E-state index contributed by atoms with van der Waals surface area (Å²) in [5.74, 6) is 0. The summed E-state index contributed by atoms with van der Waals surface area (Å²) in [4.78, 5) is 0. The van der Waals surface area contributed by atoms with Crippen molar-refractivity contribution in [3.63, 3.8) is 0 Å². The first kappa shape index (κ1) is 7.96. The van der Waals surface area contributed by atoms with Crippen molar-refractivity contribution >= 4 is 0 Å². The molecule has 0 saturated heterocycles. The standard InChI is InChI=1S/C7H7.Hf/c1-7-5-3-2-4-6-7;/h2-6H,1H2;/q-1;. The van der Waals surface area contributed by atoms with Crippen molar-refractivity contribution in [1.29, 1.82) is 0 Å². The molecular formula is C7H7Hf-. The Balaban J connectivity index is 0.000000490. The van der Waals surface area contributed by atoms with Crippen LogP contribution in [0.4, 0.5) is 0 Å². The van der Waals surface area contributed by atoms with Gasteiger partial charge in [0.25, 0.3) is 0 Å². The van der Waals surface area contributed by atoms with Crippen molar-refractivity contribution in [3.8, 4) is 0 Å². The van der Waals surface area contributed by atoms with E-state index in [1.165, 1.54) is 0 Å². The van der Waals surface area contributed by atoms with Gasteiger partial charge in [0.2, 0.25) is 0 Å². The van der Waals surface area contributed by atoms with Gasteiger partial charge >= 0.3 is 0 Å². The van der Waals surface area contributed by atoms with E-state index in [1.54, 1.807) is 0 Å². The molecule has 0 bridgehead atoms. The third-order valence-electron chi connectivity index (χ3n) is 0.843. The third-order valence-corrected chi connectivity index (χ3v) is 0.843. The number of benzene rings is 1.